The van der Waals surface area contributed by atoms with Gasteiger partial charge in [0.25, 0.3) is 0 Å². The Balaban J connectivity index is 1.58. The van der Waals surface area contributed by atoms with E-state index in [0.29, 0.717) is 18.9 Å². The van der Waals surface area contributed by atoms with Crippen molar-refractivity contribution in [1.82, 2.24) is 19.4 Å². The SMILES string of the molecule is C=CC(=O)N1CCC(C#Cc2c(-c3ccc(C(C#N)c4ccccc4)cc3)c3c(N)ncnc3n2C(C)C)CC1. The maximum atomic E-state index is 12.0. The Labute approximate surface area is 235 Å². The first-order chi connectivity index (χ1) is 19.4. The summed E-state index contributed by atoms with van der Waals surface area (Å²) < 4.78 is 2.13. The van der Waals surface area contributed by atoms with Gasteiger partial charge in [-0.3, -0.25) is 4.79 Å². The van der Waals surface area contributed by atoms with Crippen LogP contribution >= 0.6 is 0 Å². The second-order valence-electron chi connectivity index (χ2n) is 10.3. The predicted molar refractivity (Wildman–Crippen MR) is 158 cm³/mol. The molecule has 40 heavy (non-hydrogen) atoms. The molecule has 2 N–H and O–H groups in total. The largest absolute Gasteiger partial charge is 0.383 e. The molecule has 1 unspecified atom stereocenters. The number of carbonyl (C=O) groups is 1. The molecule has 1 fully saturated rings. The number of aromatic nitrogens is 3. The Bertz CT molecular complexity index is 1640. The monoisotopic (exact) mass is 528 g/mol. The molecular formula is C33H32N6O. The van der Waals surface area contributed by atoms with Crippen molar-refractivity contribution in [2.45, 2.75) is 38.6 Å². The highest BCUT2D eigenvalue weighted by Crippen LogP contribution is 2.39. The minimum absolute atomic E-state index is 0.0305. The average Bonchev–Trinajstić information content (AvgIpc) is 3.33. The number of nitrogen functional groups attached to an aromatic ring is 1. The Morgan fingerprint density at radius 2 is 1.75 bits per heavy atom. The summed E-state index contributed by atoms with van der Waals surface area (Å²) in [5.74, 6) is 7.18. The third kappa shape index (κ3) is 5.07. The zero-order chi connectivity index (χ0) is 28.2. The predicted octanol–water partition coefficient (Wildman–Crippen LogP) is 5.69. The van der Waals surface area contributed by atoms with Crippen LogP contribution in [0.1, 0.15) is 55.5 Å². The molecule has 4 aromatic rings. The van der Waals surface area contributed by atoms with E-state index in [2.05, 4.69) is 52.9 Å². The molecule has 5 rings (SSSR count). The van der Waals surface area contributed by atoms with E-state index in [1.54, 1.807) is 0 Å². The molecule has 1 saturated heterocycles. The maximum absolute atomic E-state index is 12.0. The number of rotatable bonds is 5. The van der Waals surface area contributed by atoms with E-state index < -0.39 is 0 Å². The first kappa shape index (κ1) is 26.7. The molecule has 0 aliphatic carbocycles. The highest BCUT2D eigenvalue weighted by molar-refractivity contribution is 6.03. The fraction of sp³-hybridized carbons (Fsp3) is 0.273. The second kappa shape index (κ2) is 11.5. The van der Waals surface area contributed by atoms with Gasteiger partial charge in [-0.2, -0.15) is 5.26 Å². The number of amides is 1. The molecule has 2 aromatic heterocycles. The number of hydrogen-bond donors (Lipinski definition) is 1. The van der Waals surface area contributed by atoms with E-state index in [1.807, 2.05) is 59.5 Å². The summed E-state index contributed by atoms with van der Waals surface area (Å²) in [4.78, 5) is 22.7. The zero-order valence-corrected chi connectivity index (χ0v) is 22.8. The maximum Gasteiger partial charge on any atom is 0.245 e. The third-order valence-corrected chi connectivity index (χ3v) is 7.50. The second-order valence-corrected chi connectivity index (χ2v) is 10.3. The summed E-state index contributed by atoms with van der Waals surface area (Å²) in [5.41, 5.74) is 11.7. The standard InChI is InChI=1S/C33H32N6O/c1-4-29(40)38-18-16-23(17-19-38)10-15-28-30(31-32(35)36-21-37-33(31)39(28)22(2)3)26-13-11-25(12-14-26)27(20-34)24-8-6-5-7-9-24/h4-9,11-14,21-23,27H,1,16-19H2,2-3H3,(H2,35,36,37). The van der Waals surface area contributed by atoms with Crippen molar-refractivity contribution < 1.29 is 4.79 Å². The number of piperidine rings is 1. The van der Waals surface area contributed by atoms with E-state index in [1.165, 1.54) is 12.4 Å². The molecule has 1 atom stereocenters. The van der Waals surface area contributed by atoms with Crippen molar-refractivity contribution in [3.8, 4) is 29.0 Å². The number of carbonyl (C=O) groups excluding carboxylic acids is 1. The van der Waals surface area contributed by atoms with Gasteiger partial charge in [-0.25, -0.2) is 9.97 Å². The summed E-state index contributed by atoms with van der Waals surface area (Å²) in [5, 5.41) is 10.7. The van der Waals surface area contributed by atoms with Gasteiger partial charge in [0, 0.05) is 30.6 Å². The number of benzene rings is 2. The molecule has 200 valence electrons. The van der Waals surface area contributed by atoms with Gasteiger partial charge in [0.05, 0.1) is 17.4 Å². The molecule has 3 heterocycles. The van der Waals surface area contributed by atoms with E-state index in [0.717, 1.165) is 51.8 Å². The van der Waals surface area contributed by atoms with E-state index >= 15 is 0 Å². The lowest BCUT2D eigenvalue weighted by molar-refractivity contribution is -0.127. The molecule has 1 aliphatic heterocycles. The highest BCUT2D eigenvalue weighted by Gasteiger charge is 2.24. The summed E-state index contributed by atoms with van der Waals surface area (Å²) >= 11 is 0. The molecule has 1 amide bonds. The van der Waals surface area contributed by atoms with Gasteiger partial charge in [-0.15, -0.1) is 0 Å². The van der Waals surface area contributed by atoms with Crippen molar-refractivity contribution in [3.63, 3.8) is 0 Å². The molecule has 0 radical (unpaired) electrons. The van der Waals surface area contributed by atoms with Gasteiger partial charge in [0.2, 0.25) is 5.91 Å². The van der Waals surface area contributed by atoms with Crippen LogP contribution in [0.15, 0.2) is 73.6 Å². The lowest BCUT2D eigenvalue weighted by Crippen LogP contribution is -2.37. The summed E-state index contributed by atoms with van der Waals surface area (Å²) in [7, 11) is 0. The molecular weight excluding hydrogens is 496 g/mol. The van der Waals surface area contributed by atoms with Crippen LogP contribution in [0, 0.1) is 29.1 Å². The first-order valence-electron chi connectivity index (χ1n) is 13.5. The normalized spacial score (nSPS) is 14.4. The van der Waals surface area contributed by atoms with Crippen LogP contribution in [0.4, 0.5) is 5.82 Å². The van der Waals surface area contributed by atoms with E-state index in [4.69, 9.17) is 5.73 Å². The molecule has 7 heteroatoms. The number of hydrogen-bond acceptors (Lipinski definition) is 5. The van der Waals surface area contributed by atoms with Crippen molar-refractivity contribution in [2.24, 2.45) is 5.92 Å². The van der Waals surface area contributed by atoms with Gasteiger partial charge >= 0.3 is 0 Å². The quantitative estimate of drug-likeness (QED) is 0.265. The molecule has 0 bridgehead atoms. The first-order valence-corrected chi connectivity index (χ1v) is 13.5. The molecule has 7 nitrogen and oxygen atoms in total. The van der Waals surface area contributed by atoms with Crippen LogP contribution in [-0.4, -0.2) is 38.4 Å². The van der Waals surface area contributed by atoms with Crippen molar-refractivity contribution >= 4 is 22.8 Å². The fourth-order valence-corrected chi connectivity index (χ4v) is 5.44. The van der Waals surface area contributed by atoms with Gasteiger partial charge < -0.3 is 15.2 Å². The molecule has 0 saturated carbocycles. The molecule has 2 aromatic carbocycles. The summed E-state index contributed by atoms with van der Waals surface area (Å²) in [6.07, 6.45) is 4.49. The fourth-order valence-electron chi connectivity index (χ4n) is 5.44. The lowest BCUT2D eigenvalue weighted by Gasteiger charge is -2.28. The van der Waals surface area contributed by atoms with Crippen LogP contribution in [0.25, 0.3) is 22.2 Å². The number of nitriles is 1. The Morgan fingerprint density at radius 3 is 2.38 bits per heavy atom. The molecule has 1 aliphatic rings. The zero-order valence-electron chi connectivity index (χ0n) is 22.8. The Hall–Kier alpha value is -4.88. The number of likely N-dealkylation sites (tertiary alicyclic amines) is 1. The minimum Gasteiger partial charge on any atom is -0.383 e. The van der Waals surface area contributed by atoms with Crippen molar-refractivity contribution in [2.75, 3.05) is 18.8 Å². The Morgan fingerprint density at radius 1 is 1.07 bits per heavy atom. The van der Waals surface area contributed by atoms with Crippen LogP contribution in [0.2, 0.25) is 0 Å². The smallest absolute Gasteiger partial charge is 0.245 e. The third-order valence-electron chi connectivity index (χ3n) is 7.50. The van der Waals surface area contributed by atoms with Gasteiger partial charge in [0.15, 0.2) is 0 Å². The van der Waals surface area contributed by atoms with Crippen molar-refractivity contribution in [1.29, 1.82) is 5.26 Å². The number of nitrogens with zero attached hydrogens (tertiary/aromatic N) is 5. The van der Waals surface area contributed by atoms with Gasteiger partial charge in [-0.1, -0.05) is 67.1 Å². The van der Waals surface area contributed by atoms with Gasteiger partial charge in [0.1, 0.15) is 23.5 Å². The Kier molecular flexibility index (Phi) is 7.66. The number of fused-ring (bicyclic) bond motifs is 1. The van der Waals surface area contributed by atoms with E-state index in [-0.39, 0.29) is 23.8 Å². The van der Waals surface area contributed by atoms with Crippen LogP contribution < -0.4 is 5.73 Å². The van der Waals surface area contributed by atoms with Crippen LogP contribution in [0.5, 0.6) is 0 Å². The van der Waals surface area contributed by atoms with Crippen molar-refractivity contribution in [3.05, 3.63) is 90.4 Å². The number of nitrogens with two attached hydrogens (primary N) is 1. The van der Waals surface area contributed by atoms with Crippen LogP contribution in [0.3, 0.4) is 0 Å². The number of anilines is 1. The van der Waals surface area contributed by atoms with Crippen LogP contribution in [-0.2, 0) is 4.79 Å². The topological polar surface area (TPSA) is 101 Å². The highest BCUT2D eigenvalue weighted by atomic mass is 16.2. The lowest BCUT2D eigenvalue weighted by atomic mass is 9.91. The molecule has 0 spiro atoms. The van der Waals surface area contributed by atoms with E-state index in [9.17, 15) is 10.1 Å². The van der Waals surface area contributed by atoms with Gasteiger partial charge in [-0.05, 0) is 55.4 Å². The summed E-state index contributed by atoms with van der Waals surface area (Å²) in [6.45, 7) is 9.15. The average molecular weight is 529 g/mol. The minimum atomic E-state index is -0.362. The summed E-state index contributed by atoms with van der Waals surface area (Å²) in [6, 6.07) is 20.4.